The molecule has 11 heteroatoms. The molecule has 6 atom stereocenters. The van der Waals surface area contributed by atoms with Crippen LogP contribution in [0.2, 0.25) is 0 Å². The van der Waals surface area contributed by atoms with Gasteiger partial charge in [0.2, 0.25) is 5.78 Å². The average Bonchev–Trinajstić information content (AvgIpc) is 2.92. The zero-order valence-corrected chi connectivity index (χ0v) is 26.1. The molecule has 0 bridgehead atoms. The summed E-state index contributed by atoms with van der Waals surface area (Å²) in [6.45, 7) is 5.70. The molecule has 0 radical (unpaired) electrons. The van der Waals surface area contributed by atoms with Crippen molar-refractivity contribution >= 4 is 35.0 Å². The molecule has 1 aromatic rings. The lowest BCUT2D eigenvalue weighted by Gasteiger charge is -2.54. The first-order chi connectivity index (χ1) is 20.0. The van der Waals surface area contributed by atoms with Crippen molar-refractivity contribution in [1.82, 2.24) is 4.90 Å². The molecule has 0 saturated heterocycles. The number of amides is 1. The van der Waals surface area contributed by atoms with Crippen molar-refractivity contribution in [3.63, 3.8) is 0 Å². The molecule has 0 aliphatic heterocycles. The summed E-state index contributed by atoms with van der Waals surface area (Å²) in [5.74, 6) is -8.21. The normalized spacial score (nSPS) is 31.7. The summed E-state index contributed by atoms with van der Waals surface area (Å²) in [5, 5.41) is 58.9. The summed E-state index contributed by atoms with van der Waals surface area (Å²) in [6, 6.07) is 2.22. The fourth-order valence-corrected chi connectivity index (χ4v) is 9.24. The summed E-state index contributed by atoms with van der Waals surface area (Å²) in [7, 11) is 3.01. The summed E-state index contributed by atoms with van der Waals surface area (Å²) in [5.41, 5.74) is 1.84. The molecule has 10 nitrogen and oxygen atoms in total. The second-order valence-electron chi connectivity index (χ2n) is 13.6. The van der Waals surface area contributed by atoms with E-state index in [1.54, 1.807) is 17.8 Å². The first kappa shape index (κ1) is 31.6. The number of thioether (sulfide) groups is 1. The minimum Gasteiger partial charge on any atom is -0.508 e. The van der Waals surface area contributed by atoms with Gasteiger partial charge in [0.05, 0.1) is 23.6 Å². The number of carbonyl (C=O) groups excluding carboxylic acids is 3. The van der Waals surface area contributed by atoms with Gasteiger partial charge in [-0.2, -0.15) is 11.8 Å². The Morgan fingerprint density at radius 3 is 2.28 bits per heavy atom. The number of rotatable bonds is 5. The molecule has 0 aromatic heterocycles. The van der Waals surface area contributed by atoms with Crippen LogP contribution in [-0.4, -0.2) is 90.8 Å². The van der Waals surface area contributed by atoms with Crippen molar-refractivity contribution in [3.05, 3.63) is 45.7 Å². The van der Waals surface area contributed by atoms with E-state index in [0.29, 0.717) is 22.1 Å². The maximum Gasteiger partial charge on any atom is 0.255 e. The van der Waals surface area contributed by atoms with Gasteiger partial charge in [0, 0.05) is 34.0 Å². The van der Waals surface area contributed by atoms with E-state index in [9.17, 15) is 39.9 Å². The highest BCUT2D eigenvalue weighted by Crippen LogP contribution is 2.57. The molecule has 43 heavy (non-hydrogen) atoms. The van der Waals surface area contributed by atoms with Crippen LogP contribution in [0.3, 0.4) is 0 Å². The lowest BCUT2D eigenvalue weighted by molar-refractivity contribution is -0.169. The molecule has 5 rings (SSSR count). The van der Waals surface area contributed by atoms with Gasteiger partial charge in [0.15, 0.2) is 11.4 Å². The van der Waals surface area contributed by atoms with Crippen LogP contribution in [0.25, 0.3) is 5.76 Å². The van der Waals surface area contributed by atoms with Gasteiger partial charge < -0.3 is 31.3 Å². The molecule has 7 N–H and O–H groups in total. The number of fused-ring (bicyclic) bond motifs is 3. The molecule has 234 valence electrons. The second kappa shape index (κ2) is 10.9. The molecule has 1 aromatic carbocycles. The Labute approximate surface area is 255 Å². The van der Waals surface area contributed by atoms with E-state index in [1.807, 2.05) is 26.8 Å². The number of Topliss-reactive ketones (excluding diaryl/α,β-unsaturated/α-hetero) is 2. The van der Waals surface area contributed by atoms with Gasteiger partial charge in [-0.1, -0.05) is 52.2 Å². The Morgan fingerprint density at radius 2 is 1.72 bits per heavy atom. The summed E-state index contributed by atoms with van der Waals surface area (Å²) < 4.78 is 0. The SMILES string of the molecule is CN(C)[C@@H]1C(=O)C(C(N)=O)=C(O)[C@@]2(O)C(=O)C3=C(O)c4c(ccc(C(C)(C)C)c4O)[C@H](CSC4CCCCC4)[C@H]3[C@H](O)[C@@H]12. The lowest BCUT2D eigenvalue weighted by Crippen LogP contribution is -2.70. The van der Waals surface area contributed by atoms with Crippen molar-refractivity contribution in [3.8, 4) is 5.75 Å². The lowest BCUT2D eigenvalue weighted by atomic mass is 9.54. The Hall–Kier alpha value is -2.86. The summed E-state index contributed by atoms with van der Waals surface area (Å²) in [4.78, 5) is 41.6. The van der Waals surface area contributed by atoms with Crippen LogP contribution < -0.4 is 5.73 Å². The van der Waals surface area contributed by atoms with E-state index in [2.05, 4.69) is 0 Å². The van der Waals surface area contributed by atoms with Crippen LogP contribution in [0.4, 0.5) is 0 Å². The number of hydrogen-bond acceptors (Lipinski definition) is 10. The molecule has 2 fully saturated rings. The van der Waals surface area contributed by atoms with Gasteiger partial charge in [-0.05, 0) is 37.9 Å². The molecule has 0 heterocycles. The number of benzene rings is 1. The first-order valence-electron chi connectivity index (χ1n) is 14.9. The molecule has 0 spiro atoms. The molecular formula is C32H42N2O8S. The standard InChI is InChI=1S/C32H42N2O8S/c1-31(2,3)17-12-11-15-16(13-43-14-9-7-6-8-10-14)18-20(25(36)19(15)24(17)35)28(39)32(42)22(26(18)37)23(34(4)5)27(38)21(29(32)40)30(33)41/h11-12,14,16,18,22-23,26,35-37,40,42H,6-10,13H2,1-5H3,(H2,33,41)/t16-,18+,22+,23-,26-,32-/m0/s1. The fraction of sp³-hybridized carbons (Fsp3) is 0.594. The maximum atomic E-state index is 14.4. The van der Waals surface area contributed by atoms with Crippen LogP contribution in [-0.2, 0) is 19.8 Å². The van der Waals surface area contributed by atoms with Crippen molar-refractivity contribution in [2.45, 2.75) is 87.2 Å². The number of nitrogens with zero attached hydrogens (tertiary/aromatic N) is 1. The number of aromatic hydroxyl groups is 1. The summed E-state index contributed by atoms with van der Waals surface area (Å²) in [6.07, 6.45) is 3.86. The number of aliphatic hydroxyl groups excluding tert-OH is 3. The number of ketones is 2. The molecule has 1 amide bonds. The molecule has 4 aliphatic carbocycles. The van der Waals surface area contributed by atoms with Crippen LogP contribution >= 0.6 is 11.8 Å². The highest BCUT2D eigenvalue weighted by atomic mass is 32.2. The quantitative estimate of drug-likeness (QED) is 0.270. The van der Waals surface area contributed by atoms with Gasteiger partial charge >= 0.3 is 0 Å². The van der Waals surface area contributed by atoms with Gasteiger partial charge in [0.1, 0.15) is 22.8 Å². The predicted molar refractivity (Wildman–Crippen MR) is 163 cm³/mol. The zero-order valence-electron chi connectivity index (χ0n) is 25.3. The molecular weight excluding hydrogens is 572 g/mol. The molecule has 2 saturated carbocycles. The Kier molecular flexibility index (Phi) is 8.03. The van der Waals surface area contributed by atoms with E-state index in [-0.39, 0.29) is 16.9 Å². The fourth-order valence-electron chi connectivity index (χ4n) is 7.71. The second-order valence-corrected chi connectivity index (χ2v) is 15.0. The van der Waals surface area contributed by atoms with E-state index in [0.717, 1.165) is 25.7 Å². The van der Waals surface area contributed by atoms with Crippen molar-refractivity contribution in [2.24, 2.45) is 17.6 Å². The number of aliphatic hydroxyl groups is 4. The van der Waals surface area contributed by atoms with Crippen LogP contribution in [0.5, 0.6) is 5.75 Å². The van der Waals surface area contributed by atoms with Crippen LogP contribution in [0.1, 0.15) is 75.5 Å². The predicted octanol–water partition coefficient (Wildman–Crippen LogP) is 2.84. The average molecular weight is 615 g/mol. The van der Waals surface area contributed by atoms with E-state index < -0.39 is 75.5 Å². The number of phenols is 1. The highest BCUT2D eigenvalue weighted by Gasteiger charge is 2.68. The Morgan fingerprint density at radius 1 is 1.09 bits per heavy atom. The number of nitrogens with two attached hydrogens (primary N) is 1. The number of phenolic OH excluding ortho intramolecular Hbond substituents is 1. The van der Waals surface area contributed by atoms with Gasteiger partial charge in [-0.25, -0.2) is 0 Å². The number of hydrogen-bond donors (Lipinski definition) is 6. The number of carbonyl (C=O) groups is 3. The first-order valence-corrected chi connectivity index (χ1v) is 15.9. The number of likely N-dealkylation sites (N-methyl/N-ethyl adjacent to an activating group) is 1. The third-order valence-corrected chi connectivity index (χ3v) is 11.3. The Balaban J connectivity index is 1.76. The van der Waals surface area contributed by atoms with E-state index in [4.69, 9.17) is 5.73 Å². The van der Waals surface area contributed by atoms with Crippen molar-refractivity contribution in [2.75, 3.05) is 19.8 Å². The highest BCUT2D eigenvalue weighted by molar-refractivity contribution is 7.99. The molecule has 0 unspecified atom stereocenters. The van der Waals surface area contributed by atoms with E-state index in [1.165, 1.54) is 25.4 Å². The van der Waals surface area contributed by atoms with Crippen molar-refractivity contribution < 1.29 is 39.9 Å². The maximum absolute atomic E-state index is 14.4. The van der Waals surface area contributed by atoms with Gasteiger partial charge in [-0.15, -0.1) is 0 Å². The van der Waals surface area contributed by atoms with Crippen molar-refractivity contribution in [1.29, 1.82) is 0 Å². The minimum absolute atomic E-state index is 0.0464. The van der Waals surface area contributed by atoms with Gasteiger partial charge in [0.25, 0.3) is 5.91 Å². The zero-order chi connectivity index (χ0) is 31.8. The van der Waals surface area contributed by atoms with Crippen LogP contribution in [0, 0.1) is 11.8 Å². The van der Waals surface area contributed by atoms with Crippen LogP contribution in [0.15, 0.2) is 29.0 Å². The van der Waals surface area contributed by atoms with E-state index >= 15 is 0 Å². The molecule has 4 aliphatic rings. The topological polar surface area (TPSA) is 182 Å². The Bertz CT molecular complexity index is 1440. The monoisotopic (exact) mass is 614 g/mol. The third kappa shape index (κ3) is 4.70. The minimum atomic E-state index is -2.93. The third-order valence-electron chi connectivity index (χ3n) is 9.80. The van der Waals surface area contributed by atoms with Gasteiger partial charge in [-0.3, -0.25) is 19.3 Å². The largest absolute Gasteiger partial charge is 0.508 e. The smallest absolute Gasteiger partial charge is 0.255 e. The number of primary amides is 1. The summed E-state index contributed by atoms with van der Waals surface area (Å²) >= 11 is 1.72.